The van der Waals surface area contributed by atoms with Gasteiger partial charge >= 0.3 is 0 Å². The minimum absolute atomic E-state index is 0.313. The van der Waals surface area contributed by atoms with E-state index in [9.17, 15) is 4.79 Å². The van der Waals surface area contributed by atoms with E-state index in [1.54, 1.807) is 12.4 Å². The van der Waals surface area contributed by atoms with Gasteiger partial charge in [-0.25, -0.2) is 0 Å². The van der Waals surface area contributed by atoms with Crippen LogP contribution in [0.2, 0.25) is 5.02 Å². The van der Waals surface area contributed by atoms with Crippen molar-refractivity contribution in [2.75, 3.05) is 31.1 Å². The highest BCUT2D eigenvalue weighted by molar-refractivity contribution is 6.33. The zero-order chi connectivity index (χ0) is 16.2. The summed E-state index contributed by atoms with van der Waals surface area (Å²) in [4.78, 5) is 20.3. The first-order chi connectivity index (χ1) is 11.2. The molecule has 1 aromatic carbocycles. The zero-order valence-electron chi connectivity index (χ0n) is 12.7. The number of amides is 1. The fraction of sp³-hybridized carbons (Fsp3) is 0.294. The number of primary amides is 1. The Morgan fingerprint density at radius 3 is 2.43 bits per heavy atom. The number of anilines is 1. The second-order valence-corrected chi connectivity index (χ2v) is 5.97. The molecule has 23 heavy (non-hydrogen) atoms. The molecule has 0 bridgehead atoms. The van der Waals surface area contributed by atoms with Crippen LogP contribution in [0.3, 0.4) is 0 Å². The highest BCUT2D eigenvalue weighted by Crippen LogP contribution is 2.27. The first kappa shape index (κ1) is 15.8. The number of pyridine rings is 1. The number of nitrogens with two attached hydrogens (primary N) is 1. The van der Waals surface area contributed by atoms with Gasteiger partial charge < -0.3 is 10.6 Å². The molecule has 1 aliphatic heterocycles. The van der Waals surface area contributed by atoms with Crippen molar-refractivity contribution in [1.82, 2.24) is 9.88 Å². The third-order valence-corrected chi connectivity index (χ3v) is 4.45. The summed E-state index contributed by atoms with van der Waals surface area (Å²) in [5.41, 5.74) is 7.57. The molecule has 0 spiro atoms. The Morgan fingerprint density at radius 1 is 1.13 bits per heavy atom. The molecule has 0 radical (unpaired) electrons. The van der Waals surface area contributed by atoms with E-state index >= 15 is 0 Å². The molecule has 120 valence electrons. The van der Waals surface area contributed by atoms with Gasteiger partial charge in [0.05, 0.1) is 10.7 Å². The van der Waals surface area contributed by atoms with E-state index in [1.165, 1.54) is 0 Å². The number of nitrogens with zero attached hydrogens (tertiary/aromatic N) is 3. The van der Waals surface area contributed by atoms with Crippen molar-refractivity contribution in [3.63, 3.8) is 0 Å². The normalized spacial score (nSPS) is 17.0. The lowest BCUT2D eigenvalue weighted by Gasteiger charge is -2.39. The molecule has 5 nitrogen and oxygen atoms in total. The van der Waals surface area contributed by atoms with E-state index in [4.69, 9.17) is 17.3 Å². The molecule has 1 aliphatic rings. The van der Waals surface area contributed by atoms with Gasteiger partial charge in [-0.3, -0.25) is 14.7 Å². The van der Waals surface area contributed by atoms with Crippen LogP contribution >= 0.6 is 11.6 Å². The lowest BCUT2D eigenvalue weighted by atomic mass is 10.0. The summed E-state index contributed by atoms with van der Waals surface area (Å²) in [6.45, 7) is 3.09. The smallest absolute Gasteiger partial charge is 0.239 e. The molecular formula is C17H19ClN4O. The van der Waals surface area contributed by atoms with Gasteiger partial charge in [-0.05, 0) is 11.6 Å². The summed E-state index contributed by atoms with van der Waals surface area (Å²) in [5.74, 6) is -0.313. The van der Waals surface area contributed by atoms with Crippen LogP contribution < -0.4 is 10.6 Å². The summed E-state index contributed by atoms with van der Waals surface area (Å²) < 4.78 is 0. The largest absolute Gasteiger partial charge is 0.368 e. The number of piperazine rings is 1. The molecule has 1 fully saturated rings. The van der Waals surface area contributed by atoms with Gasteiger partial charge in [0, 0.05) is 38.6 Å². The molecule has 0 saturated carbocycles. The Kier molecular flexibility index (Phi) is 4.79. The number of benzene rings is 1. The van der Waals surface area contributed by atoms with E-state index < -0.39 is 0 Å². The molecule has 6 heteroatoms. The Hall–Kier alpha value is -2.11. The molecule has 1 unspecified atom stereocenters. The highest BCUT2D eigenvalue weighted by Gasteiger charge is 2.29. The second-order valence-electron chi connectivity index (χ2n) is 5.57. The van der Waals surface area contributed by atoms with Crippen LogP contribution in [0.1, 0.15) is 11.6 Å². The van der Waals surface area contributed by atoms with Gasteiger partial charge in [-0.1, -0.05) is 41.9 Å². The molecule has 1 saturated heterocycles. The summed E-state index contributed by atoms with van der Waals surface area (Å²) in [6.07, 6.45) is 3.39. The third-order valence-electron chi connectivity index (χ3n) is 4.16. The van der Waals surface area contributed by atoms with Gasteiger partial charge in [0.15, 0.2) is 0 Å². The number of rotatable bonds is 4. The molecule has 3 rings (SSSR count). The number of aromatic nitrogens is 1. The standard InChI is InChI=1S/C17H19ClN4O/c18-14-12-20-7-6-15(14)21-8-10-22(11-9-21)16(17(19)23)13-4-2-1-3-5-13/h1-7,12,16H,8-11H2,(H2,19,23). The van der Waals surface area contributed by atoms with E-state index in [-0.39, 0.29) is 11.9 Å². The Balaban J connectivity index is 1.72. The summed E-state index contributed by atoms with van der Waals surface area (Å²) in [6, 6.07) is 11.2. The maximum atomic E-state index is 11.9. The molecule has 1 atom stereocenters. The van der Waals surface area contributed by atoms with E-state index in [0.717, 1.165) is 37.4 Å². The minimum atomic E-state index is -0.383. The number of carbonyl (C=O) groups is 1. The van der Waals surface area contributed by atoms with Crippen molar-refractivity contribution in [2.45, 2.75) is 6.04 Å². The predicted molar refractivity (Wildman–Crippen MR) is 91.4 cm³/mol. The van der Waals surface area contributed by atoms with Crippen molar-refractivity contribution in [3.8, 4) is 0 Å². The molecular weight excluding hydrogens is 312 g/mol. The van der Waals surface area contributed by atoms with E-state index in [1.807, 2.05) is 36.4 Å². The van der Waals surface area contributed by atoms with Gasteiger partial charge in [-0.2, -0.15) is 0 Å². The quantitative estimate of drug-likeness (QED) is 0.932. The first-order valence-corrected chi connectivity index (χ1v) is 7.97. The Morgan fingerprint density at radius 2 is 1.83 bits per heavy atom. The predicted octanol–water partition coefficient (Wildman–Crippen LogP) is 2.08. The molecule has 2 N–H and O–H groups in total. The molecule has 1 aromatic heterocycles. The second kappa shape index (κ2) is 6.98. The van der Waals surface area contributed by atoms with Crippen molar-refractivity contribution in [3.05, 3.63) is 59.4 Å². The van der Waals surface area contributed by atoms with Crippen LogP contribution in [0.5, 0.6) is 0 Å². The van der Waals surface area contributed by atoms with Crippen LogP contribution in [0.4, 0.5) is 5.69 Å². The average molecular weight is 331 g/mol. The van der Waals surface area contributed by atoms with Gasteiger partial charge in [0.2, 0.25) is 5.91 Å². The topological polar surface area (TPSA) is 62.5 Å². The van der Waals surface area contributed by atoms with Crippen LogP contribution in [-0.4, -0.2) is 42.0 Å². The summed E-state index contributed by atoms with van der Waals surface area (Å²) >= 11 is 6.21. The molecule has 2 heterocycles. The first-order valence-electron chi connectivity index (χ1n) is 7.59. The van der Waals surface area contributed by atoms with Crippen LogP contribution in [-0.2, 0) is 4.79 Å². The SMILES string of the molecule is NC(=O)C(c1ccccc1)N1CCN(c2ccncc2Cl)CC1. The van der Waals surface area contributed by atoms with Gasteiger partial charge in [-0.15, -0.1) is 0 Å². The third kappa shape index (κ3) is 3.46. The average Bonchev–Trinajstić information content (AvgIpc) is 2.57. The van der Waals surface area contributed by atoms with Crippen LogP contribution in [0, 0.1) is 0 Å². The summed E-state index contributed by atoms with van der Waals surface area (Å²) in [5, 5.41) is 0.649. The number of halogens is 1. The maximum absolute atomic E-state index is 11.9. The van der Waals surface area contributed by atoms with E-state index in [0.29, 0.717) is 5.02 Å². The highest BCUT2D eigenvalue weighted by atomic mass is 35.5. The maximum Gasteiger partial charge on any atom is 0.239 e. The number of carbonyl (C=O) groups excluding carboxylic acids is 1. The van der Waals surface area contributed by atoms with Crippen LogP contribution in [0.25, 0.3) is 0 Å². The fourth-order valence-electron chi connectivity index (χ4n) is 3.04. The molecule has 0 aliphatic carbocycles. The van der Waals surface area contributed by atoms with Crippen molar-refractivity contribution in [1.29, 1.82) is 0 Å². The van der Waals surface area contributed by atoms with Gasteiger partial charge in [0.25, 0.3) is 0 Å². The number of hydrogen-bond donors (Lipinski definition) is 1. The van der Waals surface area contributed by atoms with Gasteiger partial charge in [0.1, 0.15) is 6.04 Å². The van der Waals surface area contributed by atoms with Crippen LogP contribution in [0.15, 0.2) is 48.8 Å². The Labute approximate surface area is 140 Å². The zero-order valence-corrected chi connectivity index (χ0v) is 13.5. The van der Waals surface area contributed by atoms with Crippen molar-refractivity contribution in [2.24, 2.45) is 5.73 Å². The monoisotopic (exact) mass is 330 g/mol. The lowest BCUT2D eigenvalue weighted by Crippen LogP contribution is -2.50. The van der Waals surface area contributed by atoms with E-state index in [2.05, 4.69) is 14.8 Å². The molecule has 2 aromatic rings. The number of hydrogen-bond acceptors (Lipinski definition) is 4. The lowest BCUT2D eigenvalue weighted by molar-refractivity contribution is -0.123. The minimum Gasteiger partial charge on any atom is -0.368 e. The fourth-order valence-corrected chi connectivity index (χ4v) is 3.27. The summed E-state index contributed by atoms with van der Waals surface area (Å²) in [7, 11) is 0. The molecule has 1 amide bonds. The Bertz CT molecular complexity index is 671. The van der Waals surface area contributed by atoms with Crippen molar-refractivity contribution >= 4 is 23.2 Å². The van der Waals surface area contributed by atoms with Crippen molar-refractivity contribution < 1.29 is 4.79 Å².